The Morgan fingerprint density at radius 2 is 2.06 bits per heavy atom. The molecule has 0 saturated heterocycles. The van der Waals surface area contributed by atoms with Crippen molar-refractivity contribution >= 4 is 6.08 Å². The summed E-state index contributed by atoms with van der Waals surface area (Å²) in [5, 5.41) is 3.36. The van der Waals surface area contributed by atoms with Crippen molar-refractivity contribution in [3.63, 3.8) is 0 Å². The molecule has 1 aromatic carbocycles. The lowest BCUT2D eigenvalue weighted by Crippen LogP contribution is -2.31. The second-order valence-corrected chi connectivity index (χ2v) is 4.37. The fraction of sp³-hybridized carbons (Fsp3) is 0.500. The molecule has 100 valence electrons. The van der Waals surface area contributed by atoms with E-state index >= 15 is 0 Å². The molecule has 0 aliphatic rings. The molecule has 0 heterocycles. The zero-order valence-electron chi connectivity index (χ0n) is 11.8. The highest BCUT2D eigenvalue weighted by atomic mass is 16.5. The first-order chi connectivity index (χ1) is 8.81. The van der Waals surface area contributed by atoms with E-state index in [1.165, 1.54) is 0 Å². The summed E-state index contributed by atoms with van der Waals surface area (Å²) in [5.41, 5.74) is 1.15. The highest BCUT2D eigenvalue weighted by Crippen LogP contribution is 2.21. The van der Waals surface area contributed by atoms with Crippen molar-refractivity contribution in [2.75, 3.05) is 13.1 Å². The Morgan fingerprint density at radius 1 is 1.28 bits per heavy atom. The van der Waals surface area contributed by atoms with Crippen molar-refractivity contribution in [1.82, 2.24) is 5.32 Å². The molecule has 0 saturated carbocycles. The van der Waals surface area contributed by atoms with Gasteiger partial charge in [0.2, 0.25) is 0 Å². The number of likely N-dealkylation sites (N-methyl/N-ethyl adjacent to an activating group) is 1. The van der Waals surface area contributed by atoms with Crippen molar-refractivity contribution in [1.29, 1.82) is 0 Å². The van der Waals surface area contributed by atoms with Gasteiger partial charge in [0.25, 0.3) is 0 Å². The number of para-hydroxylation sites is 1. The highest BCUT2D eigenvalue weighted by Gasteiger charge is 2.10. The molecule has 1 atom stereocenters. The number of benzene rings is 1. The maximum Gasteiger partial charge on any atom is 0.126 e. The molecule has 0 fully saturated rings. The Labute approximate surface area is 111 Å². The van der Waals surface area contributed by atoms with Crippen molar-refractivity contribution in [2.45, 2.75) is 39.7 Å². The molecule has 0 aliphatic carbocycles. The standard InChI is InChI=1S/C16H25NO/c1-4-9-14-11-7-8-12-16(14)18-15(10-5-2)13-17-6-3/h4,7-9,11-12,15,17H,5-6,10,13H2,1-3H3/b9-4+. The molecule has 1 unspecified atom stereocenters. The van der Waals surface area contributed by atoms with Crippen LogP contribution in [0.5, 0.6) is 5.75 Å². The summed E-state index contributed by atoms with van der Waals surface area (Å²) >= 11 is 0. The number of hydrogen-bond donors (Lipinski definition) is 1. The summed E-state index contributed by atoms with van der Waals surface area (Å²) in [6, 6.07) is 8.20. The van der Waals surface area contributed by atoms with E-state index in [1.807, 2.05) is 31.2 Å². The lowest BCUT2D eigenvalue weighted by molar-refractivity contribution is 0.187. The van der Waals surface area contributed by atoms with E-state index in [4.69, 9.17) is 4.74 Å². The topological polar surface area (TPSA) is 21.3 Å². The minimum absolute atomic E-state index is 0.251. The van der Waals surface area contributed by atoms with E-state index in [0.29, 0.717) is 0 Å². The van der Waals surface area contributed by atoms with Crippen LogP contribution in [0.1, 0.15) is 39.2 Å². The average molecular weight is 247 g/mol. The smallest absolute Gasteiger partial charge is 0.126 e. The molecular formula is C16H25NO. The third kappa shape index (κ3) is 4.92. The largest absolute Gasteiger partial charge is 0.488 e. The summed E-state index contributed by atoms with van der Waals surface area (Å²) < 4.78 is 6.13. The summed E-state index contributed by atoms with van der Waals surface area (Å²) in [6.07, 6.45) is 6.60. The molecule has 0 aromatic heterocycles. The van der Waals surface area contributed by atoms with Crippen LogP contribution in [0.3, 0.4) is 0 Å². The number of ether oxygens (including phenoxy) is 1. The van der Waals surface area contributed by atoms with Crippen LogP contribution >= 0.6 is 0 Å². The van der Waals surface area contributed by atoms with Crippen LogP contribution in [0.4, 0.5) is 0 Å². The normalized spacial score (nSPS) is 12.8. The van der Waals surface area contributed by atoms with Gasteiger partial charge in [0, 0.05) is 12.1 Å². The second-order valence-electron chi connectivity index (χ2n) is 4.37. The first-order valence-electron chi connectivity index (χ1n) is 6.90. The molecule has 0 amide bonds. The maximum atomic E-state index is 6.13. The summed E-state index contributed by atoms with van der Waals surface area (Å²) in [5.74, 6) is 0.979. The van der Waals surface area contributed by atoms with Crippen LogP contribution in [0.25, 0.3) is 6.08 Å². The molecule has 0 aliphatic heterocycles. The van der Waals surface area contributed by atoms with Gasteiger partial charge in [-0.05, 0) is 26.0 Å². The third-order valence-electron chi connectivity index (χ3n) is 2.79. The van der Waals surface area contributed by atoms with Gasteiger partial charge in [0.1, 0.15) is 11.9 Å². The monoisotopic (exact) mass is 247 g/mol. The number of nitrogens with one attached hydrogen (secondary N) is 1. The summed E-state index contributed by atoms with van der Waals surface area (Å²) in [6.45, 7) is 8.24. The maximum absolute atomic E-state index is 6.13. The van der Waals surface area contributed by atoms with Crippen LogP contribution in [0.15, 0.2) is 30.3 Å². The summed E-state index contributed by atoms with van der Waals surface area (Å²) in [7, 11) is 0. The van der Waals surface area contributed by atoms with Crippen LogP contribution in [-0.2, 0) is 0 Å². The zero-order valence-corrected chi connectivity index (χ0v) is 11.8. The Morgan fingerprint density at radius 3 is 2.72 bits per heavy atom. The second kappa shape index (κ2) is 8.76. The van der Waals surface area contributed by atoms with Gasteiger partial charge in [-0.25, -0.2) is 0 Å². The predicted octanol–water partition coefficient (Wildman–Crippen LogP) is 3.88. The van der Waals surface area contributed by atoms with E-state index in [-0.39, 0.29) is 6.10 Å². The fourth-order valence-electron chi connectivity index (χ4n) is 1.91. The fourth-order valence-corrected chi connectivity index (χ4v) is 1.91. The Bertz CT molecular complexity index is 360. The molecular weight excluding hydrogens is 222 g/mol. The Hall–Kier alpha value is -1.28. The Balaban J connectivity index is 2.72. The van der Waals surface area contributed by atoms with Gasteiger partial charge >= 0.3 is 0 Å². The van der Waals surface area contributed by atoms with E-state index in [9.17, 15) is 0 Å². The van der Waals surface area contributed by atoms with E-state index < -0.39 is 0 Å². The van der Waals surface area contributed by atoms with Gasteiger partial charge in [-0.1, -0.05) is 50.6 Å². The molecule has 2 nitrogen and oxygen atoms in total. The quantitative estimate of drug-likeness (QED) is 0.753. The van der Waals surface area contributed by atoms with E-state index in [0.717, 1.165) is 37.2 Å². The first kappa shape index (κ1) is 14.8. The zero-order chi connectivity index (χ0) is 13.2. The molecule has 1 aromatic rings. The van der Waals surface area contributed by atoms with E-state index in [1.54, 1.807) is 0 Å². The van der Waals surface area contributed by atoms with Gasteiger partial charge in [0.15, 0.2) is 0 Å². The minimum Gasteiger partial charge on any atom is -0.488 e. The lowest BCUT2D eigenvalue weighted by Gasteiger charge is -2.20. The Kier molecular flexibility index (Phi) is 7.19. The van der Waals surface area contributed by atoms with Gasteiger partial charge in [-0.2, -0.15) is 0 Å². The van der Waals surface area contributed by atoms with Gasteiger partial charge in [-0.3, -0.25) is 0 Å². The van der Waals surface area contributed by atoms with Crippen LogP contribution < -0.4 is 10.1 Å². The molecule has 2 heteroatoms. The minimum atomic E-state index is 0.251. The van der Waals surface area contributed by atoms with Gasteiger partial charge in [-0.15, -0.1) is 0 Å². The lowest BCUT2D eigenvalue weighted by atomic mass is 10.1. The third-order valence-corrected chi connectivity index (χ3v) is 2.79. The number of allylic oxidation sites excluding steroid dienone is 1. The van der Waals surface area contributed by atoms with Crippen LogP contribution in [0, 0.1) is 0 Å². The SMILES string of the molecule is C/C=C/c1ccccc1OC(CCC)CNCC. The number of hydrogen-bond acceptors (Lipinski definition) is 2. The first-order valence-corrected chi connectivity index (χ1v) is 6.90. The highest BCUT2D eigenvalue weighted by molar-refractivity contribution is 5.56. The van der Waals surface area contributed by atoms with Crippen LogP contribution in [0.2, 0.25) is 0 Å². The van der Waals surface area contributed by atoms with Crippen molar-refractivity contribution in [3.8, 4) is 5.75 Å². The van der Waals surface area contributed by atoms with Crippen molar-refractivity contribution in [2.24, 2.45) is 0 Å². The molecule has 0 bridgehead atoms. The van der Waals surface area contributed by atoms with E-state index in [2.05, 4.69) is 31.3 Å². The van der Waals surface area contributed by atoms with Crippen LogP contribution in [-0.4, -0.2) is 19.2 Å². The molecule has 18 heavy (non-hydrogen) atoms. The molecule has 1 rings (SSSR count). The van der Waals surface area contributed by atoms with Gasteiger partial charge < -0.3 is 10.1 Å². The average Bonchev–Trinajstić information content (AvgIpc) is 2.39. The molecule has 0 radical (unpaired) electrons. The number of rotatable bonds is 8. The van der Waals surface area contributed by atoms with Crippen molar-refractivity contribution in [3.05, 3.63) is 35.9 Å². The van der Waals surface area contributed by atoms with Gasteiger partial charge in [0.05, 0.1) is 0 Å². The molecule has 0 spiro atoms. The predicted molar refractivity (Wildman–Crippen MR) is 79.0 cm³/mol. The summed E-state index contributed by atoms with van der Waals surface area (Å²) in [4.78, 5) is 0. The molecule has 1 N–H and O–H groups in total. The van der Waals surface area contributed by atoms with Crippen molar-refractivity contribution < 1.29 is 4.74 Å².